The molecule has 11 heteroatoms. The van der Waals surface area contributed by atoms with Crippen LogP contribution in [0, 0.1) is 11.2 Å². The molecule has 42 heavy (non-hydrogen) atoms. The van der Waals surface area contributed by atoms with Crippen molar-refractivity contribution in [2.24, 2.45) is 5.41 Å². The molecule has 0 unspecified atom stereocenters. The Balaban J connectivity index is 1.69. The van der Waals surface area contributed by atoms with Gasteiger partial charge in [-0.1, -0.05) is 62.2 Å². The zero-order chi connectivity index (χ0) is 30.6. The van der Waals surface area contributed by atoms with Gasteiger partial charge >= 0.3 is 5.97 Å². The number of hydrogen-bond donors (Lipinski definition) is 4. The fraction of sp³-hybridized carbons (Fsp3) is 0.323. The van der Waals surface area contributed by atoms with Gasteiger partial charge in [0.2, 0.25) is 11.8 Å². The maximum absolute atomic E-state index is 15.9. The van der Waals surface area contributed by atoms with Crippen molar-refractivity contribution in [3.63, 3.8) is 0 Å². The molecule has 1 fully saturated rings. The van der Waals surface area contributed by atoms with Crippen molar-refractivity contribution < 1.29 is 28.6 Å². The van der Waals surface area contributed by atoms with Crippen LogP contribution in [-0.4, -0.2) is 42.1 Å². The Morgan fingerprint density at radius 2 is 1.86 bits per heavy atom. The summed E-state index contributed by atoms with van der Waals surface area (Å²) in [6.45, 7) is 6.07. The molecule has 2 aliphatic rings. The Hall–Kier alpha value is -3.66. The minimum absolute atomic E-state index is 0.0557. The smallest absolute Gasteiger partial charge is 0.339 e. The molecule has 0 saturated carbocycles. The van der Waals surface area contributed by atoms with Crippen LogP contribution in [-0.2, 0) is 15.0 Å². The lowest BCUT2D eigenvalue weighted by Crippen LogP contribution is -2.49. The maximum atomic E-state index is 15.9. The maximum Gasteiger partial charge on any atom is 0.339 e. The van der Waals surface area contributed by atoms with E-state index >= 15 is 4.39 Å². The second kappa shape index (κ2) is 10.9. The molecule has 1 saturated heterocycles. The molecule has 0 bridgehead atoms. The van der Waals surface area contributed by atoms with E-state index < -0.39 is 41.1 Å². The van der Waals surface area contributed by atoms with Crippen LogP contribution in [0.3, 0.4) is 0 Å². The Bertz CT molecular complexity index is 1610. The molecule has 0 aliphatic carbocycles. The van der Waals surface area contributed by atoms with Gasteiger partial charge in [-0.3, -0.25) is 9.59 Å². The Kier molecular flexibility index (Phi) is 7.72. The lowest BCUT2D eigenvalue weighted by Gasteiger charge is -2.37. The molecule has 4 atom stereocenters. The van der Waals surface area contributed by atoms with Crippen LogP contribution in [0.4, 0.5) is 15.8 Å². The Labute approximate surface area is 252 Å². The number of methoxy groups -OCH3 is 1. The zero-order valence-corrected chi connectivity index (χ0v) is 24.9. The van der Waals surface area contributed by atoms with Crippen LogP contribution < -0.4 is 20.7 Å². The summed E-state index contributed by atoms with van der Waals surface area (Å²) >= 11 is 12.5. The number of hydrogen-bond acceptors (Lipinski definition) is 5. The van der Waals surface area contributed by atoms with Gasteiger partial charge in [-0.05, 0) is 53.3 Å². The van der Waals surface area contributed by atoms with Gasteiger partial charge in [0.15, 0.2) is 0 Å². The summed E-state index contributed by atoms with van der Waals surface area (Å²) in [7, 11) is 1.33. The number of carboxylic acid groups (broad SMARTS) is 1. The third-order valence-electron chi connectivity index (χ3n) is 7.92. The quantitative estimate of drug-likeness (QED) is 0.262. The van der Waals surface area contributed by atoms with E-state index in [1.54, 1.807) is 30.3 Å². The summed E-state index contributed by atoms with van der Waals surface area (Å²) in [6, 6.07) is 12.1. The van der Waals surface area contributed by atoms with Crippen molar-refractivity contribution in [2.75, 3.05) is 17.7 Å². The predicted octanol–water partition coefficient (Wildman–Crippen LogP) is 6.23. The standard InChI is InChI=1S/C31H30Cl2FN3O5/c1-30(2,3)14-23-31(19-11-8-15(32)12-21(19)36-29(31)41)24(18-6-5-7-20(33)25(18)34)26(37-23)27(38)35-16-9-10-17(28(39)40)22(13-16)42-4/h5-13,23-24,26,37H,14H2,1-4H3,(H,35,38)(H,36,41)(H,39,40)/t23-,24-,26+,31+/m1/s1. The van der Waals surface area contributed by atoms with Crippen LogP contribution >= 0.6 is 23.2 Å². The SMILES string of the molecule is COc1cc(NC(=O)[C@H]2N[C@H](CC(C)(C)C)[C@]3(C(=O)Nc4cc(Cl)ccc43)[C@@H]2c2cccc(Cl)c2F)ccc1C(=O)O. The molecule has 0 radical (unpaired) electrons. The number of anilines is 2. The molecule has 0 aromatic heterocycles. The first-order valence-electron chi connectivity index (χ1n) is 13.3. The van der Waals surface area contributed by atoms with E-state index in [0.717, 1.165) is 0 Å². The fourth-order valence-corrected chi connectivity index (χ4v) is 6.67. The molecule has 3 aromatic rings. The van der Waals surface area contributed by atoms with Gasteiger partial charge in [0.25, 0.3) is 0 Å². The third-order valence-corrected chi connectivity index (χ3v) is 8.45. The van der Waals surface area contributed by atoms with Gasteiger partial charge in [0.1, 0.15) is 22.5 Å². The van der Waals surface area contributed by atoms with Crippen molar-refractivity contribution in [1.82, 2.24) is 5.32 Å². The number of carboxylic acids is 1. The molecular weight excluding hydrogens is 584 g/mol. The van der Waals surface area contributed by atoms with Crippen LogP contribution in [0.5, 0.6) is 5.75 Å². The molecule has 2 heterocycles. The van der Waals surface area contributed by atoms with Gasteiger partial charge in [0, 0.05) is 34.4 Å². The van der Waals surface area contributed by atoms with Crippen molar-refractivity contribution in [3.8, 4) is 5.75 Å². The number of amides is 2. The molecule has 2 amide bonds. The van der Waals surface area contributed by atoms with Crippen LogP contribution in [0.1, 0.15) is 54.6 Å². The zero-order valence-electron chi connectivity index (χ0n) is 23.3. The number of carbonyl (C=O) groups is 3. The second-order valence-corrected chi connectivity index (χ2v) is 12.6. The first-order chi connectivity index (χ1) is 19.8. The number of benzene rings is 3. The topological polar surface area (TPSA) is 117 Å². The van der Waals surface area contributed by atoms with Gasteiger partial charge in [-0.15, -0.1) is 0 Å². The Morgan fingerprint density at radius 3 is 2.52 bits per heavy atom. The summed E-state index contributed by atoms with van der Waals surface area (Å²) in [5.41, 5.74) is -0.278. The van der Waals surface area contributed by atoms with E-state index in [-0.39, 0.29) is 38.9 Å². The highest BCUT2D eigenvalue weighted by atomic mass is 35.5. The summed E-state index contributed by atoms with van der Waals surface area (Å²) in [4.78, 5) is 39.9. The Morgan fingerprint density at radius 1 is 1.12 bits per heavy atom. The monoisotopic (exact) mass is 613 g/mol. The molecule has 5 rings (SSSR count). The summed E-state index contributed by atoms with van der Waals surface area (Å²) < 4.78 is 21.1. The van der Waals surface area contributed by atoms with Crippen molar-refractivity contribution >= 4 is 52.4 Å². The van der Waals surface area contributed by atoms with E-state index in [2.05, 4.69) is 16.0 Å². The average Bonchev–Trinajstić information content (AvgIpc) is 3.38. The van der Waals surface area contributed by atoms with Crippen molar-refractivity contribution in [2.45, 2.75) is 50.6 Å². The summed E-state index contributed by atoms with van der Waals surface area (Å²) in [6.07, 6.45) is 0.464. The highest BCUT2D eigenvalue weighted by molar-refractivity contribution is 6.31. The highest BCUT2D eigenvalue weighted by Crippen LogP contribution is 2.57. The van der Waals surface area contributed by atoms with E-state index in [4.69, 9.17) is 27.9 Å². The number of aromatic carboxylic acids is 1. The number of nitrogens with one attached hydrogen (secondary N) is 3. The third kappa shape index (κ3) is 4.99. The lowest BCUT2D eigenvalue weighted by atomic mass is 9.62. The molecule has 8 nitrogen and oxygen atoms in total. The van der Waals surface area contributed by atoms with Gasteiger partial charge in [-0.25, -0.2) is 9.18 Å². The molecule has 2 aliphatic heterocycles. The van der Waals surface area contributed by atoms with Crippen LogP contribution in [0.25, 0.3) is 0 Å². The fourth-order valence-electron chi connectivity index (χ4n) is 6.32. The van der Waals surface area contributed by atoms with Crippen molar-refractivity contribution in [1.29, 1.82) is 0 Å². The first kappa shape index (κ1) is 29.8. The number of halogens is 3. The second-order valence-electron chi connectivity index (χ2n) is 11.8. The predicted molar refractivity (Wildman–Crippen MR) is 159 cm³/mol. The van der Waals surface area contributed by atoms with Crippen molar-refractivity contribution in [3.05, 3.63) is 87.2 Å². The van der Waals surface area contributed by atoms with Gasteiger partial charge < -0.3 is 25.8 Å². The van der Waals surface area contributed by atoms with Crippen LogP contribution in [0.2, 0.25) is 10.0 Å². The molecule has 220 valence electrons. The minimum atomic E-state index is -1.40. The molecule has 4 N–H and O–H groups in total. The van der Waals surface area contributed by atoms with E-state index in [1.165, 1.54) is 31.4 Å². The van der Waals surface area contributed by atoms with Gasteiger partial charge in [0.05, 0.1) is 18.2 Å². The van der Waals surface area contributed by atoms with E-state index in [9.17, 15) is 19.5 Å². The minimum Gasteiger partial charge on any atom is -0.496 e. The summed E-state index contributed by atoms with van der Waals surface area (Å²) in [5.74, 6) is -3.80. The number of carbonyl (C=O) groups excluding carboxylic acids is 2. The van der Waals surface area contributed by atoms with Crippen LogP contribution in [0.15, 0.2) is 54.6 Å². The normalized spacial score (nSPS) is 23.0. The summed E-state index contributed by atoms with van der Waals surface area (Å²) in [5, 5.41) is 18.9. The molecular formula is C31H30Cl2FN3O5. The first-order valence-corrected chi connectivity index (χ1v) is 14.1. The number of fused-ring (bicyclic) bond motifs is 2. The highest BCUT2D eigenvalue weighted by Gasteiger charge is 2.66. The van der Waals surface area contributed by atoms with E-state index in [0.29, 0.717) is 22.7 Å². The number of ether oxygens (including phenoxy) is 1. The number of rotatable bonds is 6. The lowest BCUT2D eigenvalue weighted by molar-refractivity contribution is -0.122. The average molecular weight is 615 g/mol. The van der Waals surface area contributed by atoms with E-state index in [1.807, 2.05) is 20.8 Å². The molecule has 3 aromatic carbocycles. The largest absolute Gasteiger partial charge is 0.496 e. The van der Waals surface area contributed by atoms with Gasteiger partial charge in [-0.2, -0.15) is 0 Å². The molecule has 1 spiro atoms.